The first-order chi connectivity index (χ1) is 30.1. The molecule has 0 radical (unpaired) electrons. The maximum atomic E-state index is 9.74. The minimum Gasteiger partial charge on any atom is -0.487 e. The van der Waals surface area contributed by atoms with Crippen LogP contribution in [0.4, 0.5) is 11.6 Å². The first-order valence-electron chi connectivity index (χ1n) is 21.1. The zero-order valence-electron chi connectivity index (χ0n) is 35.4. The monoisotopic (exact) mass is 848 g/mol. The van der Waals surface area contributed by atoms with Crippen molar-refractivity contribution in [2.24, 2.45) is 0 Å². The van der Waals surface area contributed by atoms with Crippen LogP contribution in [0.25, 0.3) is 11.1 Å². The number of ether oxygens (including phenoxy) is 9. The molecule has 1 saturated carbocycles. The van der Waals surface area contributed by atoms with Crippen LogP contribution in [-0.2, 0) is 39.7 Å². The Morgan fingerprint density at radius 1 is 0.820 bits per heavy atom. The predicted octanol–water partition coefficient (Wildman–Crippen LogP) is 3.94. The molecule has 4 aromatic rings. The van der Waals surface area contributed by atoms with Crippen LogP contribution in [0, 0.1) is 11.3 Å². The van der Waals surface area contributed by atoms with E-state index in [-0.39, 0.29) is 12.1 Å². The van der Waals surface area contributed by atoms with Gasteiger partial charge in [0.05, 0.1) is 110 Å². The van der Waals surface area contributed by atoms with Crippen molar-refractivity contribution < 1.29 is 42.6 Å². The molecule has 332 valence electrons. The minimum atomic E-state index is -0.249. The molecule has 1 aliphatic carbocycles. The van der Waals surface area contributed by atoms with Gasteiger partial charge >= 0.3 is 0 Å². The first kappa shape index (κ1) is 45.7. The van der Waals surface area contributed by atoms with Gasteiger partial charge in [-0.3, -0.25) is 9.58 Å². The molecule has 61 heavy (non-hydrogen) atoms. The van der Waals surface area contributed by atoms with Gasteiger partial charge in [0.25, 0.3) is 5.88 Å². The van der Waals surface area contributed by atoms with E-state index in [4.69, 9.17) is 47.7 Å². The third-order valence-corrected chi connectivity index (χ3v) is 10.3. The molecule has 0 amide bonds. The summed E-state index contributed by atoms with van der Waals surface area (Å²) < 4.78 is 54.3. The van der Waals surface area contributed by atoms with Crippen LogP contribution in [0.15, 0.2) is 49.4 Å². The molecule has 1 aliphatic heterocycles. The van der Waals surface area contributed by atoms with E-state index in [0.717, 1.165) is 63.1 Å². The molecular formula is C42H60N10O9. The molecule has 0 unspecified atom stereocenters. The topological polar surface area (TPSA) is 196 Å². The molecule has 1 N–H and O–H groups in total. The number of nitrogens with one attached hydrogen (secondary N) is 1. The second-order valence-corrected chi connectivity index (χ2v) is 14.6. The van der Waals surface area contributed by atoms with Crippen molar-refractivity contribution in [1.29, 1.82) is 5.26 Å². The van der Waals surface area contributed by atoms with E-state index in [1.165, 1.54) is 6.33 Å². The molecular weight excluding hydrogens is 789 g/mol. The molecule has 1 atom stereocenters. The van der Waals surface area contributed by atoms with Crippen molar-refractivity contribution in [1.82, 2.24) is 39.4 Å². The lowest BCUT2D eigenvalue weighted by molar-refractivity contribution is -0.0160. The SMILES string of the molecule is COCCOCCOCCOCCOCCOCCOc1nn([C@H]2CC[C@H](N3CCOCC3)CC2)cc1Nc1ncc(-c2ccc(C#N)c(O[C@@H](C)Cn3cncn3)c2)cn1. The molecule has 4 heterocycles. The Labute approximate surface area is 357 Å². The van der Waals surface area contributed by atoms with Gasteiger partial charge in [0.1, 0.15) is 42.9 Å². The van der Waals surface area contributed by atoms with Crippen molar-refractivity contribution in [3.8, 4) is 28.8 Å². The lowest BCUT2D eigenvalue weighted by Crippen LogP contribution is -2.45. The summed E-state index contributed by atoms with van der Waals surface area (Å²) in [5, 5.41) is 22.1. The maximum absolute atomic E-state index is 9.74. The molecule has 2 fully saturated rings. The Kier molecular flexibility index (Phi) is 19.4. The smallest absolute Gasteiger partial charge is 0.257 e. The second kappa shape index (κ2) is 25.9. The van der Waals surface area contributed by atoms with Gasteiger partial charge in [0.2, 0.25) is 5.95 Å². The van der Waals surface area contributed by atoms with Crippen molar-refractivity contribution >= 4 is 11.6 Å². The number of benzene rings is 1. The highest BCUT2D eigenvalue weighted by molar-refractivity contribution is 5.67. The summed E-state index contributed by atoms with van der Waals surface area (Å²) in [6.45, 7) is 11.7. The van der Waals surface area contributed by atoms with E-state index in [1.54, 1.807) is 36.6 Å². The van der Waals surface area contributed by atoms with Crippen LogP contribution < -0.4 is 14.8 Å². The lowest BCUT2D eigenvalue weighted by Gasteiger charge is -2.38. The molecule has 1 aromatic carbocycles. The Hall–Kier alpha value is -4.78. The van der Waals surface area contributed by atoms with Gasteiger partial charge in [-0.25, -0.2) is 19.6 Å². The van der Waals surface area contributed by atoms with Crippen LogP contribution in [0.1, 0.15) is 44.2 Å². The van der Waals surface area contributed by atoms with Crippen LogP contribution >= 0.6 is 0 Å². The molecule has 2 aliphatic rings. The van der Waals surface area contributed by atoms with Crippen molar-refractivity contribution in [2.75, 3.05) is 118 Å². The zero-order valence-corrected chi connectivity index (χ0v) is 35.4. The lowest BCUT2D eigenvalue weighted by atomic mass is 9.90. The number of nitrogens with zero attached hydrogens (tertiary/aromatic N) is 9. The number of hydrogen-bond acceptors (Lipinski definition) is 17. The largest absolute Gasteiger partial charge is 0.487 e. The molecule has 6 rings (SSSR count). The number of anilines is 2. The Morgan fingerprint density at radius 3 is 2.05 bits per heavy atom. The van der Waals surface area contributed by atoms with E-state index in [1.807, 2.05) is 29.9 Å². The van der Waals surface area contributed by atoms with Crippen molar-refractivity contribution in [3.05, 3.63) is 55.0 Å². The molecule has 3 aromatic heterocycles. The van der Waals surface area contributed by atoms with Crippen LogP contribution in [0.5, 0.6) is 11.6 Å². The predicted molar refractivity (Wildman–Crippen MR) is 223 cm³/mol. The summed E-state index contributed by atoms with van der Waals surface area (Å²) in [6.07, 6.45) is 12.6. The standard InChI is InChI=1S/C42H60N10O9/c1-33(29-51-32-44-31-47-51)61-40-25-34(3-4-35(40)26-43)36-27-45-42(46-28-36)48-39-30-52(38-7-5-37(6-8-38)50-9-11-54-12-10-50)49-41(39)60-24-23-59-22-21-58-20-19-57-18-17-56-16-15-55-14-13-53-2/h3-4,25,27-28,30-33,37-38H,5-24,29H2,1-2H3,(H,45,46,48)/t33-,37-,38-/m0/s1. The fourth-order valence-electron chi connectivity index (χ4n) is 7.10. The number of rotatable bonds is 28. The summed E-state index contributed by atoms with van der Waals surface area (Å²) >= 11 is 0. The van der Waals surface area contributed by atoms with Gasteiger partial charge in [-0.2, -0.15) is 10.4 Å². The van der Waals surface area contributed by atoms with Crippen molar-refractivity contribution in [3.63, 3.8) is 0 Å². The van der Waals surface area contributed by atoms with E-state index < -0.39 is 0 Å². The Balaban J connectivity index is 0.976. The maximum Gasteiger partial charge on any atom is 0.257 e. The zero-order chi connectivity index (χ0) is 42.3. The van der Waals surface area contributed by atoms with E-state index in [2.05, 4.69) is 36.3 Å². The normalized spacial score (nSPS) is 17.5. The Morgan fingerprint density at radius 2 is 1.44 bits per heavy atom. The molecule has 19 nitrogen and oxygen atoms in total. The van der Waals surface area contributed by atoms with E-state index in [0.29, 0.717) is 121 Å². The van der Waals surface area contributed by atoms with Crippen LogP contribution in [0.2, 0.25) is 0 Å². The highest BCUT2D eigenvalue weighted by Gasteiger charge is 2.29. The number of nitriles is 1. The summed E-state index contributed by atoms with van der Waals surface area (Å²) in [7, 11) is 1.65. The summed E-state index contributed by atoms with van der Waals surface area (Å²) in [5.41, 5.74) is 2.68. The third kappa shape index (κ3) is 15.3. The average Bonchev–Trinajstić information content (AvgIpc) is 3.96. The fraction of sp³-hybridized carbons (Fsp3) is 0.619. The van der Waals surface area contributed by atoms with E-state index >= 15 is 0 Å². The number of methoxy groups -OCH3 is 1. The highest BCUT2D eigenvalue weighted by atomic mass is 16.6. The van der Waals surface area contributed by atoms with Gasteiger partial charge in [-0.05, 0) is 50.3 Å². The van der Waals surface area contributed by atoms with Gasteiger partial charge in [0.15, 0.2) is 0 Å². The van der Waals surface area contributed by atoms with Crippen LogP contribution in [0.3, 0.4) is 0 Å². The molecule has 19 heteroatoms. The summed E-state index contributed by atoms with van der Waals surface area (Å²) in [5.74, 6) is 1.32. The number of aromatic nitrogens is 7. The number of morpholine rings is 1. The molecule has 0 bridgehead atoms. The fourth-order valence-corrected chi connectivity index (χ4v) is 7.10. The van der Waals surface area contributed by atoms with Gasteiger partial charge in [-0.1, -0.05) is 6.07 Å². The Bertz CT molecular complexity index is 1850. The second-order valence-electron chi connectivity index (χ2n) is 14.6. The van der Waals surface area contributed by atoms with Gasteiger partial charge in [-0.15, -0.1) is 5.10 Å². The average molecular weight is 849 g/mol. The minimum absolute atomic E-state index is 0.249. The first-order valence-corrected chi connectivity index (χ1v) is 21.1. The van der Waals surface area contributed by atoms with Crippen LogP contribution in [-0.4, -0.2) is 164 Å². The molecule has 1 saturated heterocycles. The summed E-state index contributed by atoms with van der Waals surface area (Å²) in [6, 6.07) is 8.47. The third-order valence-electron chi connectivity index (χ3n) is 10.3. The van der Waals surface area contributed by atoms with Crippen molar-refractivity contribution in [2.45, 2.75) is 57.3 Å². The highest BCUT2D eigenvalue weighted by Crippen LogP contribution is 2.35. The van der Waals surface area contributed by atoms with Gasteiger partial charge in [0, 0.05) is 44.2 Å². The van der Waals surface area contributed by atoms with E-state index in [9.17, 15) is 5.26 Å². The van der Waals surface area contributed by atoms with Gasteiger partial charge < -0.3 is 47.9 Å². The summed E-state index contributed by atoms with van der Waals surface area (Å²) in [4.78, 5) is 15.8. The molecule has 0 spiro atoms. The number of hydrogen-bond donors (Lipinski definition) is 1. The quantitative estimate of drug-likeness (QED) is 0.0807.